The monoisotopic (exact) mass is 224 g/mol. The Morgan fingerprint density at radius 3 is 3.00 bits per heavy atom. The van der Waals surface area contributed by atoms with E-state index in [9.17, 15) is 0 Å². The number of fused-ring (bicyclic) bond motifs is 1. The van der Waals surface area contributed by atoms with Crippen molar-refractivity contribution in [2.24, 2.45) is 0 Å². The van der Waals surface area contributed by atoms with Crippen LogP contribution in [-0.4, -0.2) is 12.6 Å². The third kappa shape index (κ3) is 2.44. The first-order chi connectivity index (χ1) is 7.16. The van der Waals surface area contributed by atoms with E-state index in [1.54, 1.807) is 0 Å². The van der Waals surface area contributed by atoms with Gasteiger partial charge >= 0.3 is 0 Å². The van der Waals surface area contributed by atoms with Gasteiger partial charge in [0, 0.05) is 29.3 Å². The molecule has 82 valence electrons. The van der Waals surface area contributed by atoms with Crippen molar-refractivity contribution in [1.29, 1.82) is 0 Å². The van der Waals surface area contributed by atoms with E-state index in [0.717, 1.165) is 18.0 Å². The molecule has 0 spiro atoms. The Morgan fingerprint density at radius 1 is 1.47 bits per heavy atom. The first-order valence-electron chi connectivity index (χ1n) is 5.46. The van der Waals surface area contributed by atoms with E-state index in [0.29, 0.717) is 12.1 Å². The highest BCUT2D eigenvalue weighted by Crippen LogP contribution is 2.31. The van der Waals surface area contributed by atoms with Crippen LogP contribution < -0.4 is 10.6 Å². The predicted octanol–water partition coefficient (Wildman–Crippen LogP) is 3.19. The summed E-state index contributed by atoms with van der Waals surface area (Å²) in [5, 5.41) is 7.75. The fourth-order valence-corrected chi connectivity index (χ4v) is 2.24. The zero-order valence-electron chi connectivity index (χ0n) is 9.18. The largest absolute Gasteiger partial charge is 0.385 e. The molecule has 0 saturated carbocycles. The summed E-state index contributed by atoms with van der Waals surface area (Å²) in [6.45, 7) is 5.37. The summed E-state index contributed by atoms with van der Waals surface area (Å²) in [6.07, 6.45) is 1.13. The van der Waals surface area contributed by atoms with Crippen LogP contribution in [0.2, 0.25) is 5.02 Å². The maximum atomic E-state index is 5.97. The standard InChI is InChI=1S/C12H17ClN2/c1-8(2)15-11-5-6-14-12-7-9(13)3-4-10(11)12/h3-4,7-8,11,14-15H,5-6H2,1-2H3. The second-order valence-electron chi connectivity index (χ2n) is 4.32. The number of rotatable bonds is 2. The third-order valence-electron chi connectivity index (χ3n) is 2.67. The van der Waals surface area contributed by atoms with Gasteiger partial charge in [0.15, 0.2) is 0 Å². The molecule has 0 bridgehead atoms. The van der Waals surface area contributed by atoms with E-state index >= 15 is 0 Å². The molecular weight excluding hydrogens is 208 g/mol. The van der Waals surface area contributed by atoms with Gasteiger partial charge < -0.3 is 10.6 Å². The molecule has 1 aromatic rings. The Bertz CT molecular complexity index is 349. The second kappa shape index (κ2) is 4.42. The molecule has 2 N–H and O–H groups in total. The van der Waals surface area contributed by atoms with Crippen molar-refractivity contribution in [3.8, 4) is 0 Å². The summed E-state index contributed by atoms with van der Waals surface area (Å²) in [6, 6.07) is 7.05. The van der Waals surface area contributed by atoms with Crippen molar-refractivity contribution >= 4 is 17.3 Å². The Kier molecular flexibility index (Phi) is 3.17. The Hall–Kier alpha value is -0.730. The summed E-state index contributed by atoms with van der Waals surface area (Å²) in [5.41, 5.74) is 2.51. The van der Waals surface area contributed by atoms with Gasteiger partial charge in [0.2, 0.25) is 0 Å². The summed E-state index contributed by atoms with van der Waals surface area (Å²) in [5.74, 6) is 0. The number of hydrogen-bond donors (Lipinski definition) is 2. The molecule has 1 aromatic carbocycles. The highest BCUT2D eigenvalue weighted by atomic mass is 35.5. The van der Waals surface area contributed by atoms with E-state index in [1.165, 1.54) is 11.3 Å². The van der Waals surface area contributed by atoms with Crippen molar-refractivity contribution in [3.05, 3.63) is 28.8 Å². The van der Waals surface area contributed by atoms with Gasteiger partial charge in [-0.1, -0.05) is 31.5 Å². The minimum atomic E-state index is 0.457. The summed E-state index contributed by atoms with van der Waals surface area (Å²) >= 11 is 5.97. The van der Waals surface area contributed by atoms with Gasteiger partial charge in [0.25, 0.3) is 0 Å². The van der Waals surface area contributed by atoms with Gasteiger partial charge in [-0.05, 0) is 24.1 Å². The van der Waals surface area contributed by atoms with Gasteiger partial charge in [-0.15, -0.1) is 0 Å². The lowest BCUT2D eigenvalue weighted by Crippen LogP contribution is -2.32. The maximum absolute atomic E-state index is 5.97. The molecule has 0 saturated heterocycles. The summed E-state index contributed by atoms with van der Waals surface area (Å²) in [7, 11) is 0. The molecule has 15 heavy (non-hydrogen) atoms. The van der Waals surface area contributed by atoms with Gasteiger partial charge in [0.1, 0.15) is 0 Å². The fourth-order valence-electron chi connectivity index (χ4n) is 2.07. The molecule has 1 unspecified atom stereocenters. The lowest BCUT2D eigenvalue weighted by Gasteiger charge is -2.29. The Morgan fingerprint density at radius 2 is 2.27 bits per heavy atom. The molecule has 1 aliphatic heterocycles. The molecule has 1 atom stereocenters. The van der Waals surface area contributed by atoms with Crippen LogP contribution in [0.15, 0.2) is 18.2 Å². The smallest absolute Gasteiger partial charge is 0.0426 e. The molecule has 0 radical (unpaired) electrons. The van der Waals surface area contributed by atoms with Gasteiger partial charge in [-0.25, -0.2) is 0 Å². The second-order valence-corrected chi connectivity index (χ2v) is 4.76. The topological polar surface area (TPSA) is 24.1 Å². The molecule has 0 amide bonds. The van der Waals surface area contributed by atoms with Crippen LogP contribution in [0.1, 0.15) is 31.9 Å². The summed E-state index contributed by atoms with van der Waals surface area (Å²) in [4.78, 5) is 0. The van der Waals surface area contributed by atoms with Crippen LogP contribution in [-0.2, 0) is 0 Å². The van der Waals surface area contributed by atoms with Crippen LogP contribution >= 0.6 is 11.6 Å². The molecule has 1 heterocycles. The molecule has 3 heteroatoms. The van der Waals surface area contributed by atoms with Gasteiger partial charge in [0.05, 0.1) is 0 Å². The highest BCUT2D eigenvalue weighted by molar-refractivity contribution is 6.30. The lowest BCUT2D eigenvalue weighted by molar-refractivity contribution is 0.453. The van der Waals surface area contributed by atoms with Crippen LogP contribution in [0.5, 0.6) is 0 Å². The van der Waals surface area contributed by atoms with Crippen LogP contribution in [0.25, 0.3) is 0 Å². The van der Waals surface area contributed by atoms with E-state index in [-0.39, 0.29) is 0 Å². The van der Waals surface area contributed by atoms with E-state index in [1.807, 2.05) is 12.1 Å². The lowest BCUT2D eigenvalue weighted by atomic mass is 9.97. The number of halogens is 1. The number of nitrogens with one attached hydrogen (secondary N) is 2. The Labute approximate surface area is 96.0 Å². The maximum Gasteiger partial charge on any atom is 0.0426 e. The molecular formula is C12H17ClN2. The zero-order chi connectivity index (χ0) is 10.8. The van der Waals surface area contributed by atoms with Crippen LogP contribution in [0, 0.1) is 0 Å². The number of anilines is 1. The fraction of sp³-hybridized carbons (Fsp3) is 0.500. The van der Waals surface area contributed by atoms with Gasteiger partial charge in [-0.2, -0.15) is 0 Å². The van der Waals surface area contributed by atoms with Crippen LogP contribution in [0.4, 0.5) is 5.69 Å². The normalized spacial score (nSPS) is 19.9. The van der Waals surface area contributed by atoms with E-state index in [4.69, 9.17) is 11.6 Å². The minimum absolute atomic E-state index is 0.457. The van der Waals surface area contributed by atoms with Crippen molar-refractivity contribution < 1.29 is 0 Å². The first-order valence-corrected chi connectivity index (χ1v) is 5.84. The first kappa shape index (κ1) is 10.8. The quantitative estimate of drug-likeness (QED) is 0.806. The molecule has 0 aromatic heterocycles. The van der Waals surface area contributed by atoms with E-state index in [2.05, 4.69) is 30.5 Å². The van der Waals surface area contributed by atoms with Gasteiger partial charge in [-0.3, -0.25) is 0 Å². The molecule has 2 rings (SSSR count). The molecule has 2 nitrogen and oxygen atoms in total. The SMILES string of the molecule is CC(C)NC1CCNc2cc(Cl)ccc21. The average Bonchev–Trinajstić information content (AvgIpc) is 2.16. The molecule has 1 aliphatic rings. The number of benzene rings is 1. The zero-order valence-corrected chi connectivity index (χ0v) is 9.93. The van der Waals surface area contributed by atoms with Crippen molar-refractivity contribution in [2.75, 3.05) is 11.9 Å². The summed E-state index contributed by atoms with van der Waals surface area (Å²) < 4.78 is 0. The van der Waals surface area contributed by atoms with Crippen molar-refractivity contribution in [2.45, 2.75) is 32.4 Å². The van der Waals surface area contributed by atoms with Crippen molar-refractivity contribution in [1.82, 2.24) is 5.32 Å². The Balaban J connectivity index is 2.26. The highest BCUT2D eigenvalue weighted by Gasteiger charge is 2.20. The van der Waals surface area contributed by atoms with E-state index < -0.39 is 0 Å². The number of hydrogen-bond acceptors (Lipinski definition) is 2. The molecule has 0 fully saturated rings. The third-order valence-corrected chi connectivity index (χ3v) is 2.91. The minimum Gasteiger partial charge on any atom is -0.385 e. The van der Waals surface area contributed by atoms with Crippen molar-refractivity contribution in [3.63, 3.8) is 0 Å². The van der Waals surface area contributed by atoms with Crippen LogP contribution in [0.3, 0.4) is 0 Å². The molecule has 0 aliphatic carbocycles. The predicted molar refractivity (Wildman–Crippen MR) is 65.6 cm³/mol. The average molecular weight is 225 g/mol.